The zero-order valence-corrected chi connectivity index (χ0v) is 10.0. The van der Waals surface area contributed by atoms with Crippen molar-refractivity contribution in [2.45, 2.75) is 52.6 Å². The Morgan fingerprint density at radius 3 is 2.20 bits per heavy atom. The maximum Gasteiger partial charge on any atom is 0.305 e. The van der Waals surface area contributed by atoms with E-state index in [2.05, 4.69) is 6.92 Å². The highest BCUT2D eigenvalue weighted by atomic mass is 16.5. The van der Waals surface area contributed by atoms with E-state index < -0.39 is 6.10 Å². The number of rotatable bonds is 6. The monoisotopic (exact) mass is 220 g/mol. The molecule has 0 spiro atoms. The second-order valence-corrected chi connectivity index (χ2v) is 3.36. The Hall–Kier alpha value is -0.610. The minimum Gasteiger partial charge on any atom is -0.466 e. The molecular formula is C11H24O4. The highest BCUT2D eigenvalue weighted by Gasteiger charge is 1.97. The van der Waals surface area contributed by atoms with E-state index in [-0.39, 0.29) is 12.6 Å². The molecule has 0 heterocycles. The zero-order chi connectivity index (χ0) is 12.1. The molecule has 4 nitrogen and oxygen atoms in total. The van der Waals surface area contributed by atoms with Gasteiger partial charge in [0.1, 0.15) is 0 Å². The topological polar surface area (TPSA) is 66.8 Å². The van der Waals surface area contributed by atoms with E-state index in [4.69, 9.17) is 14.9 Å². The van der Waals surface area contributed by atoms with Gasteiger partial charge in [-0.1, -0.05) is 20.3 Å². The summed E-state index contributed by atoms with van der Waals surface area (Å²) in [6, 6.07) is 0. The fraction of sp³-hybridized carbons (Fsp3) is 0.909. The third-order valence-electron chi connectivity index (χ3n) is 1.48. The Labute approximate surface area is 92.3 Å². The van der Waals surface area contributed by atoms with Crippen LogP contribution in [0, 0.1) is 0 Å². The molecule has 4 heteroatoms. The Morgan fingerprint density at radius 1 is 1.33 bits per heavy atom. The Bertz CT molecular complexity index is 135. The van der Waals surface area contributed by atoms with Gasteiger partial charge in [0.15, 0.2) is 0 Å². The van der Waals surface area contributed by atoms with Crippen LogP contribution in [0.25, 0.3) is 0 Å². The summed E-state index contributed by atoms with van der Waals surface area (Å²) in [5.41, 5.74) is 0. The lowest BCUT2D eigenvalue weighted by Gasteiger charge is -2.00. The summed E-state index contributed by atoms with van der Waals surface area (Å²) >= 11 is 0. The third-order valence-corrected chi connectivity index (χ3v) is 1.48. The molecule has 1 unspecified atom stereocenters. The van der Waals surface area contributed by atoms with Crippen LogP contribution >= 0.6 is 0 Å². The molecule has 0 bridgehead atoms. The number of hydrogen-bond acceptors (Lipinski definition) is 4. The normalized spacial score (nSPS) is 11.3. The van der Waals surface area contributed by atoms with Crippen LogP contribution in [0.1, 0.15) is 46.5 Å². The second-order valence-electron chi connectivity index (χ2n) is 3.36. The smallest absolute Gasteiger partial charge is 0.305 e. The van der Waals surface area contributed by atoms with E-state index >= 15 is 0 Å². The van der Waals surface area contributed by atoms with E-state index in [1.54, 1.807) is 0 Å². The van der Waals surface area contributed by atoms with Crippen molar-refractivity contribution in [1.82, 2.24) is 0 Å². The predicted molar refractivity (Wildman–Crippen MR) is 59.5 cm³/mol. The van der Waals surface area contributed by atoms with Crippen LogP contribution in [0.2, 0.25) is 0 Å². The zero-order valence-electron chi connectivity index (χ0n) is 10.0. The van der Waals surface area contributed by atoms with Gasteiger partial charge in [0.05, 0.1) is 19.3 Å². The molecule has 0 aromatic carbocycles. The lowest BCUT2D eigenvalue weighted by atomic mass is 10.3. The van der Waals surface area contributed by atoms with Crippen LogP contribution < -0.4 is 0 Å². The van der Waals surface area contributed by atoms with E-state index in [1.165, 1.54) is 6.92 Å². The van der Waals surface area contributed by atoms with Crippen LogP contribution in [-0.4, -0.2) is 35.5 Å². The molecule has 0 radical (unpaired) electrons. The number of carbonyl (C=O) groups is 1. The summed E-state index contributed by atoms with van der Waals surface area (Å²) in [7, 11) is 0. The molecule has 0 aliphatic carbocycles. The lowest BCUT2D eigenvalue weighted by Crippen LogP contribution is -2.04. The lowest BCUT2D eigenvalue weighted by molar-refractivity contribution is -0.143. The van der Waals surface area contributed by atoms with Gasteiger partial charge in [0.2, 0.25) is 0 Å². The molecule has 15 heavy (non-hydrogen) atoms. The average molecular weight is 220 g/mol. The van der Waals surface area contributed by atoms with E-state index in [1.807, 2.05) is 6.92 Å². The predicted octanol–water partition coefficient (Wildman–Crippen LogP) is 1.49. The van der Waals surface area contributed by atoms with E-state index in [9.17, 15) is 4.79 Å². The molecule has 0 saturated carbocycles. The van der Waals surface area contributed by atoms with Gasteiger partial charge in [-0.2, -0.15) is 0 Å². The van der Waals surface area contributed by atoms with Crippen molar-refractivity contribution in [2.24, 2.45) is 0 Å². The number of esters is 1. The van der Waals surface area contributed by atoms with Crippen molar-refractivity contribution >= 4 is 5.97 Å². The fourth-order valence-corrected chi connectivity index (χ4v) is 0.607. The fourth-order valence-electron chi connectivity index (χ4n) is 0.607. The minimum absolute atomic E-state index is 0.0593. The summed E-state index contributed by atoms with van der Waals surface area (Å²) in [6.07, 6.45) is 2.94. The molecule has 0 aromatic heterocycles. The van der Waals surface area contributed by atoms with Gasteiger partial charge in [-0.3, -0.25) is 4.79 Å². The van der Waals surface area contributed by atoms with Crippen molar-refractivity contribution < 1.29 is 19.7 Å². The van der Waals surface area contributed by atoms with Gasteiger partial charge in [0.25, 0.3) is 0 Å². The quantitative estimate of drug-likeness (QED) is 0.525. The first-order valence-corrected chi connectivity index (χ1v) is 5.52. The number of unbranched alkanes of at least 4 members (excludes halogenated alkanes) is 1. The number of carbonyl (C=O) groups excluding carboxylic acids is 1. The first kappa shape index (κ1) is 16.8. The van der Waals surface area contributed by atoms with Crippen LogP contribution in [0.15, 0.2) is 0 Å². The summed E-state index contributed by atoms with van der Waals surface area (Å²) in [6.45, 7) is 6.03. The number of hydrogen-bond donors (Lipinski definition) is 2. The molecule has 0 aliphatic rings. The number of ether oxygens (including phenoxy) is 1. The summed E-state index contributed by atoms with van der Waals surface area (Å²) in [5, 5.41) is 16.0. The first-order valence-electron chi connectivity index (χ1n) is 5.52. The van der Waals surface area contributed by atoms with Gasteiger partial charge in [0, 0.05) is 6.42 Å². The van der Waals surface area contributed by atoms with Crippen molar-refractivity contribution in [3.8, 4) is 0 Å². The SMILES string of the molecule is CC(O)CO.CCCCOC(=O)CCC. The maximum absolute atomic E-state index is 10.7. The molecule has 0 aliphatic heterocycles. The highest BCUT2D eigenvalue weighted by molar-refractivity contribution is 5.69. The molecule has 0 amide bonds. The average Bonchev–Trinajstić information content (AvgIpc) is 2.19. The van der Waals surface area contributed by atoms with Crippen molar-refractivity contribution in [1.29, 1.82) is 0 Å². The molecule has 0 aromatic rings. The Balaban J connectivity index is 0. The van der Waals surface area contributed by atoms with Gasteiger partial charge in [-0.15, -0.1) is 0 Å². The van der Waals surface area contributed by atoms with Crippen LogP contribution in [0.3, 0.4) is 0 Å². The van der Waals surface area contributed by atoms with E-state index in [0.29, 0.717) is 13.0 Å². The standard InChI is InChI=1S/C8H16O2.C3H8O2/c1-3-5-7-10-8(9)6-4-2;1-3(5)2-4/h3-7H2,1-2H3;3-5H,2H2,1H3. The largest absolute Gasteiger partial charge is 0.466 e. The van der Waals surface area contributed by atoms with Gasteiger partial charge in [-0.25, -0.2) is 0 Å². The molecule has 0 fully saturated rings. The molecule has 92 valence electrons. The third kappa shape index (κ3) is 19.7. The summed E-state index contributed by atoms with van der Waals surface area (Å²) < 4.78 is 4.88. The van der Waals surface area contributed by atoms with Crippen LogP contribution in [-0.2, 0) is 9.53 Å². The minimum atomic E-state index is -0.560. The van der Waals surface area contributed by atoms with E-state index in [0.717, 1.165) is 19.3 Å². The molecule has 2 N–H and O–H groups in total. The molecular weight excluding hydrogens is 196 g/mol. The Morgan fingerprint density at radius 2 is 1.87 bits per heavy atom. The van der Waals surface area contributed by atoms with Gasteiger partial charge >= 0.3 is 5.97 Å². The van der Waals surface area contributed by atoms with Crippen molar-refractivity contribution in [3.63, 3.8) is 0 Å². The van der Waals surface area contributed by atoms with Crippen LogP contribution in [0.4, 0.5) is 0 Å². The number of aliphatic hydroxyl groups is 2. The molecule has 1 atom stereocenters. The first-order chi connectivity index (χ1) is 7.08. The molecule has 0 saturated heterocycles. The van der Waals surface area contributed by atoms with Crippen molar-refractivity contribution in [3.05, 3.63) is 0 Å². The Kier molecular flexibility index (Phi) is 15.0. The number of aliphatic hydroxyl groups excluding tert-OH is 2. The summed E-state index contributed by atoms with van der Waals surface area (Å²) in [5.74, 6) is -0.0593. The highest BCUT2D eigenvalue weighted by Crippen LogP contribution is 1.93. The van der Waals surface area contributed by atoms with Gasteiger partial charge in [-0.05, 0) is 19.8 Å². The van der Waals surface area contributed by atoms with Gasteiger partial charge < -0.3 is 14.9 Å². The summed E-state index contributed by atoms with van der Waals surface area (Å²) in [4.78, 5) is 10.7. The maximum atomic E-state index is 10.7. The van der Waals surface area contributed by atoms with Crippen molar-refractivity contribution in [2.75, 3.05) is 13.2 Å². The van der Waals surface area contributed by atoms with Crippen LogP contribution in [0.5, 0.6) is 0 Å². The molecule has 0 rings (SSSR count). The second kappa shape index (κ2) is 13.4.